The number of hydrogen-bond acceptors (Lipinski definition) is 3. The number of carbonyl (C=O) groups is 2. The number of ether oxygens (including phenoxy) is 1. The fourth-order valence-electron chi connectivity index (χ4n) is 2.37. The molecule has 1 unspecified atom stereocenters. The number of likely N-dealkylation sites (N-methyl/N-ethyl adjacent to an activating group) is 1. The Morgan fingerprint density at radius 3 is 2.45 bits per heavy atom. The van der Waals surface area contributed by atoms with E-state index in [4.69, 9.17) is 4.74 Å². The van der Waals surface area contributed by atoms with E-state index in [0.717, 1.165) is 11.1 Å². The molecule has 4 heteroatoms. The SMILES string of the molecule is CN(C(=O)OC(C)(C)C)C1Cc2ccccc2CC1=O. The lowest BCUT2D eigenvalue weighted by molar-refractivity contribution is -0.123. The van der Waals surface area contributed by atoms with Crippen LogP contribution in [0.25, 0.3) is 0 Å². The first-order valence-electron chi connectivity index (χ1n) is 6.83. The zero-order valence-electron chi connectivity index (χ0n) is 12.5. The second-order valence-corrected chi connectivity index (χ2v) is 6.22. The lowest BCUT2D eigenvalue weighted by Crippen LogP contribution is -2.48. The molecule has 2 rings (SSSR count). The van der Waals surface area contributed by atoms with E-state index in [1.165, 1.54) is 4.90 Å². The van der Waals surface area contributed by atoms with Gasteiger partial charge in [-0.15, -0.1) is 0 Å². The van der Waals surface area contributed by atoms with Crippen LogP contribution in [0, 0.1) is 0 Å². The number of benzene rings is 1. The minimum absolute atomic E-state index is 0.0667. The predicted molar refractivity (Wildman–Crippen MR) is 76.6 cm³/mol. The number of amides is 1. The summed E-state index contributed by atoms with van der Waals surface area (Å²) in [6.07, 6.45) is 0.494. The van der Waals surface area contributed by atoms with Gasteiger partial charge in [-0.3, -0.25) is 4.79 Å². The molecule has 0 heterocycles. The number of ketones is 1. The molecule has 1 aromatic carbocycles. The summed E-state index contributed by atoms with van der Waals surface area (Å²) in [4.78, 5) is 25.7. The van der Waals surface area contributed by atoms with E-state index in [2.05, 4.69) is 0 Å². The van der Waals surface area contributed by atoms with E-state index >= 15 is 0 Å². The van der Waals surface area contributed by atoms with Gasteiger partial charge < -0.3 is 9.64 Å². The van der Waals surface area contributed by atoms with Gasteiger partial charge in [-0.25, -0.2) is 4.79 Å². The Morgan fingerprint density at radius 2 is 1.85 bits per heavy atom. The summed E-state index contributed by atoms with van der Waals surface area (Å²) in [5, 5.41) is 0. The molecule has 1 atom stereocenters. The van der Waals surface area contributed by atoms with Crippen molar-refractivity contribution in [3.63, 3.8) is 0 Å². The molecule has 0 N–H and O–H groups in total. The Kier molecular flexibility index (Phi) is 3.84. The molecule has 1 aromatic rings. The first kappa shape index (κ1) is 14.6. The van der Waals surface area contributed by atoms with Gasteiger partial charge in [0.15, 0.2) is 5.78 Å². The zero-order valence-corrected chi connectivity index (χ0v) is 12.5. The van der Waals surface area contributed by atoms with Crippen molar-refractivity contribution < 1.29 is 14.3 Å². The van der Waals surface area contributed by atoms with Crippen LogP contribution in [-0.4, -0.2) is 35.5 Å². The monoisotopic (exact) mass is 275 g/mol. The minimum atomic E-state index is -0.555. The van der Waals surface area contributed by atoms with Crippen LogP contribution >= 0.6 is 0 Å². The molecule has 0 radical (unpaired) electrons. The number of Topliss-reactive ketones (excluding diaryl/α,β-unsaturated/α-hetero) is 1. The van der Waals surface area contributed by atoms with Crippen LogP contribution in [-0.2, 0) is 22.4 Å². The third-order valence-electron chi connectivity index (χ3n) is 3.42. The molecule has 1 amide bonds. The topological polar surface area (TPSA) is 46.6 Å². The van der Waals surface area contributed by atoms with Gasteiger partial charge >= 0.3 is 6.09 Å². The fourth-order valence-corrected chi connectivity index (χ4v) is 2.37. The summed E-state index contributed by atoms with van der Waals surface area (Å²) in [6, 6.07) is 7.44. The van der Waals surface area contributed by atoms with Gasteiger partial charge in [0.05, 0.1) is 6.04 Å². The summed E-state index contributed by atoms with van der Waals surface area (Å²) < 4.78 is 5.32. The van der Waals surface area contributed by atoms with E-state index < -0.39 is 17.7 Å². The second-order valence-electron chi connectivity index (χ2n) is 6.22. The largest absolute Gasteiger partial charge is 0.444 e. The van der Waals surface area contributed by atoms with Crippen molar-refractivity contribution in [1.82, 2.24) is 4.90 Å². The molecule has 1 aliphatic rings. The summed E-state index contributed by atoms with van der Waals surface area (Å²) in [7, 11) is 1.63. The number of fused-ring (bicyclic) bond motifs is 1. The molecule has 0 spiro atoms. The van der Waals surface area contributed by atoms with Crippen molar-refractivity contribution >= 4 is 11.9 Å². The molecule has 0 saturated heterocycles. The highest BCUT2D eigenvalue weighted by Gasteiger charge is 2.33. The highest BCUT2D eigenvalue weighted by molar-refractivity contribution is 5.91. The van der Waals surface area contributed by atoms with Crippen molar-refractivity contribution in [3.8, 4) is 0 Å². The van der Waals surface area contributed by atoms with Crippen LogP contribution in [0.4, 0.5) is 4.79 Å². The molecular weight excluding hydrogens is 254 g/mol. The molecule has 0 fully saturated rings. The van der Waals surface area contributed by atoms with Gasteiger partial charge in [-0.05, 0) is 31.9 Å². The number of rotatable bonds is 1. The Bertz CT molecular complexity index is 531. The standard InChI is InChI=1S/C16H21NO3/c1-16(2,3)20-15(19)17(4)13-9-11-7-5-6-8-12(11)10-14(13)18/h5-8,13H,9-10H2,1-4H3. The predicted octanol–water partition coefficient (Wildman–Crippen LogP) is 2.59. The highest BCUT2D eigenvalue weighted by Crippen LogP contribution is 2.22. The second kappa shape index (κ2) is 5.27. The average Bonchev–Trinajstić information content (AvgIpc) is 2.35. The van der Waals surface area contributed by atoms with E-state index in [-0.39, 0.29) is 5.78 Å². The Labute approximate surface area is 119 Å². The minimum Gasteiger partial charge on any atom is -0.444 e. The van der Waals surface area contributed by atoms with Crippen LogP contribution in [0.15, 0.2) is 24.3 Å². The molecule has 1 aliphatic carbocycles. The summed E-state index contributed by atoms with van der Waals surface area (Å²) in [5.74, 6) is 0.0667. The lowest BCUT2D eigenvalue weighted by atomic mass is 9.87. The Balaban J connectivity index is 2.14. The third-order valence-corrected chi connectivity index (χ3v) is 3.42. The van der Waals surface area contributed by atoms with Crippen molar-refractivity contribution in [2.75, 3.05) is 7.05 Å². The van der Waals surface area contributed by atoms with Gasteiger partial charge in [0.25, 0.3) is 0 Å². The quantitative estimate of drug-likeness (QED) is 0.791. The Morgan fingerprint density at radius 1 is 1.25 bits per heavy atom. The van der Waals surface area contributed by atoms with Crippen LogP contribution in [0.1, 0.15) is 31.9 Å². The van der Waals surface area contributed by atoms with Gasteiger partial charge in [0, 0.05) is 19.9 Å². The maximum Gasteiger partial charge on any atom is 0.410 e. The number of hydrogen-bond donors (Lipinski definition) is 0. The maximum absolute atomic E-state index is 12.2. The third kappa shape index (κ3) is 3.18. The summed E-state index contributed by atoms with van der Waals surface area (Å²) in [5.41, 5.74) is 1.64. The zero-order chi connectivity index (χ0) is 14.9. The van der Waals surface area contributed by atoms with Gasteiger partial charge in [0.1, 0.15) is 5.60 Å². The fraction of sp³-hybridized carbons (Fsp3) is 0.500. The normalized spacial score (nSPS) is 18.4. The van der Waals surface area contributed by atoms with Gasteiger partial charge in [-0.1, -0.05) is 24.3 Å². The van der Waals surface area contributed by atoms with E-state index in [1.807, 2.05) is 45.0 Å². The molecule has 20 heavy (non-hydrogen) atoms. The van der Waals surface area contributed by atoms with Crippen LogP contribution < -0.4 is 0 Å². The van der Waals surface area contributed by atoms with Crippen molar-refractivity contribution in [1.29, 1.82) is 0 Å². The first-order valence-corrected chi connectivity index (χ1v) is 6.83. The van der Waals surface area contributed by atoms with Crippen LogP contribution in [0.3, 0.4) is 0 Å². The Hall–Kier alpha value is -1.84. The smallest absolute Gasteiger partial charge is 0.410 e. The molecular formula is C16H21NO3. The lowest BCUT2D eigenvalue weighted by Gasteiger charge is -2.32. The van der Waals surface area contributed by atoms with Gasteiger partial charge in [0.2, 0.25) is 0 Å². The first-order chi connectivity index (χ1) is 9.28. The van der Waals surface area contributed by atoms with Gasteiger partial charge in [-0.2, -0.15) is 0 Å². The number of carbonyl (C=O) groups excluding carboxylic acids is 2. The molecule has 4 nitrogen and oxygen atoms in total. The summed E-state index contributed by atoms with van der Waals surface area (Å²) >= 11 is 0. The maximum atomic E-state index is 12.2. The van der Waals surface area contributed by atoms with Crippen molar-refractivity contribution in [2.45, 2.75) is 45.3 Å². The molecule has 0 bridgehead atoms. The van der Waals surface area contributed by atoms with E-state index in [1.54, 1.807) is 7.05 Å². The molecule has 108 valence electrons. The molecule has 0 saturated carbocycles. The highest BCUT2D eigenvalue weighted by atomic mass is 16.6. The van der Waals surface area contributed by atoms with Crippen molar-refractivity contribution in [2.24, 2.45) is 0 Å². The van der Waals surface area contributed by atoms with E-state index in [9.17, 15) is 9.59 Å². The number of nitrogens with zero attached hydrogens (tertiary/aromatic N) is 1. The van der Waals surface area contributed by atoms with Crippen LogP contribution in [0.5, 0.6) is 0 Å². The van der Waals surface area contributed by atoms with Crippen molar-refractivity contribution in [3.05, 3.63) is 35.4 Å². The average molecular weight is 275 g/mol. The van der Waals surface area contributed by atoms with E-state index in [0.29, 0.717) is 12.8 Å². The molecule has 0 aliphatic heterocycles. The van der Waals surface area contributed by atoms with Crippen LogP contribution in [0.2, 0.25) is 0 Å². The molecule has 0 aromatic heterocycles. The summed E-state index contributed by atoms with van der Waals surface area (Å²) in [6.45, 7) is 5.45.